The van der Waals surface area contributed by atoms with E-state index in [-0.39, 0.29) is 23.1 Å². The van der Waals surface area contributed by atoms with Gasteiger partial charge < -0.3 is 10.3 Å². The van der Waals surface area contributed by atoms with Gasteiger partial charge in [-0.15, -0.1) is 0 Å². The van der Waals surface area contributed by atoms with E-state index in [1.165, 1.54) is 6.07 Å². The van der Waals surface area contributed by atoms with Gasteiger partial charge >= 0.3 is 0 Å². The fraction of sp³-hybridized carbons (Fsp3) is 0.158. The number of nitriles is 1. The van der Waals surface area contributed by atoms with E-state index in [0.29, 0.717) is 17.0 Å². The topological polar surface area (TPSA) is 97.6 Å². The van der Waals surface area contributed by atoms with E-state index in [4.69, 9.17) is 5.73 Å². The summed E-state index contributed by atoms with van der Waals surface area (Å²) in [5.41, 5.74) is 8.48. The molecule has 2 N–H and O–H groups in total. The summed E-state index contributed by atoms with van der Waals surface area (Å²) in [6.07, 6.45) is 1.74. The summed E-state index contributed by atoms with van der Waals surface area (Å²) in [5.74, 6) is 0.0854. The molecule has 0 aliphatic rings. The van der Waals surface area contributed by atoms with Crippen LogP contribution in [0.25, 0.3) is 22.5 Å². The number of nitrogen functional groups attached to an aromatic ring is 1. The molecule has 0 atom stereocenters. The maximum Gasteiger partial charge on any atom is 0.250 e. The molecule has 6 heteroatoms. The highest BCUT2D eigenvalue weighted by Gasteiger charge is 2.16. The van der Waals surface area contributed by atoms with E-state index in [1.54, 1.807) is 16.8 Å². The molecule has 3 aromatic rings. The third kappa shape index (κ3) is 3.12. The second kappa shape index (κ2) is 6.57. The highest BCUT2D eigenvalue weighted by molar-refractivity contribution is 5.79. The smallest absolute Gasteiger partial charge is 0.250 e. The van der Waals surface area contributed by atoms with Crippen LogP contribution in [-0.4, -0.2) is 14.5 Å². The van der Waals surface area contributed by atoms with E-state index in [2.05, 4.69) is 9.97 Å². The first-order chi connectivity index (χ1) is 12.0. The number of nitrogens with zero attached hydrogens (tertiary/aromatic N) is 4. The maximum atomic E-state index is 12.0. The molecule has 0 aliphatic carbocycles. The van der Waals surface area contributed by atoms with Gasteiger partial charge in [0.1, 0.15) is 6.07 Å². The molecule has 0 saturated carbocycles. The second-order valence-corrected chi connectivity index (χ2v) is 5.89. The third-order valence-corrected chi connectivity index (χ3v) is 3.84. The van der Waals surface area contributed by atoms with Crippen molar-refractivity contribution in [3.8, 4) is 28.6 Å². The standard InChI is InChI=1S/C19H17N5O/c1-12(2)24-11-14(8-9-16(24)25)18-17(13-6-4-3-5-7-13)23-19(21)15(10-20)22-18/h3-9,11-12H,1-2H3,(H2,21,23). The highest BCUT2D eigenvalue weighted by atomic mass is 16.1. The Labute approximate surface area is 145 Å². The van der Waals surface area contributed by atoms with Crippen LogP contribution in [0.4, 0.5) is 5.82 Å². The lowest BCUT2D eigenvalue weighted by molar-refractivity contribution is 0.579. The van der Waals surface area contributed by atoms with Crippen LogP contribution in [0.1, 0.15) is 25.6 Å². The summed E-state index contributed by atoms with van der Waals surface area (Å²) in [6, 6.07) is 14.6. The van der Waals surface area contributed by atoms with Crippen molar-refractivity contribution in [2.24, 2.45) is 0 Å². The number of rotatable bonds is 3. The molecule has 3 rings (SSSR count). The molecule has 0 amide bonds. The van der Waals surface area contributed by atoms with Gasteiger partial charge in [0.25, 0.3) is 5.56 Å². The monoisotopic (exact) mass is 331 g/mol. The minimum atomic E-state index is -0.0936. The largest absolute Gasteiger partial charge is 0.381 e. The van der Waals surface area contributed by atoms with E-state index in [9.17, 15) is 10.1 Å². The zero-order valence-corrected chi connectivity index (χ0v) is 14.0. The number of benzene rings is 1. The maximum absolute atomic E-state index is 12.0. The zero-order chi connectivity index (χ0) is 18.0. The molecule has 0 bridgehead atoms. The number of anilines is 1. The van der Waals surface area contributed by atoms with Gasteiger partial charge in [-0.2, -0.15) is 5.26 Å². The van der Waals surface area contributed by atoms with Gasteiger partial charge in [-0.3, -0.25) is 4.79 Å². The van der Waals surface area contributed by atoms with Crippen molar-refractivity contribution in [1.29, 1.82) is 5.26 Å². The molecule has 25 heavy (non-hydrogen) atoms. The fourth-order valence-electron chi connectivity index (χ4n) is 2.58. The van der Waals surface area contributed by atoms with Crippen molar-refractivity contribution in [3.63, 3.8) is 0 Å². The van der Waals surface area contributed by atoms with E-state index < -0.39 is 0 Å². The minimum absolute atomic E-state index is 0.00445. The van der Waals surface area contributed by atoms with Crippen LogP contribution in [0.3, 0.4) is 0 Å². The van der Waals surface area contributed by atoms with Crippen LogP contribution in [0.5, 0.6) is 0 Å². The van der Waals surface area contributed by atoms with Crippen LogP contribution >= 0.6 is 0 Å². The van der Waals surface area contributed by atoms with Crippen molar-refractivity contribution < 1.29 is 0 Å². The van der Waals surface area contributed by atoms with Crippen LogP contribution in [-0.2, 0) is 0 Å². The quantitative estimate of drug-likeness (QED) is 0.795. The van der Waals surface area contributed by atoms with Crippen LogP contribution < -0.4 is 11.3 Å². The Hall–Kier alpha value is -3.46. The first-order valence-corrected chi connectivity index (χ1v) is 7.87. The van der Waals surface area contributed by atoms with Crippen molar-refractivity contribution in [1.82, 2.24) is 14.5 Å². The van der Waals surface area contributed by atoms with Gasteiger partial charge in [0.05, 0.1) is 11.4 Å². The molecular formula is C19H17N5O. The van der Waals surface area contributed by atoms with Crippen LogP contribution in [0.15, 0.2) is 53.5 Å². The molecule has 0 unspecified atom stereocenters. The lowest BCUT2D eigenvalue weighted by atomic mass is 10.0. The molecule has 2 heterocycles. The third-order valence-electron chi connectivity index (χ3n) is 3.84. The Morgan fingerprint density at radius 1 is 1.04 bits per heavy atom. The van der Waals surface area contributed by atoms with Gasteiger partial charge in [0.2, 0.25) is 0 Å². The SMILES string of the molecule is CC(C)n1cc(-c2nc(C#N)c(N)nc2-c2ccccc2)ccc1=O. The Balaban J connectivity index is 2.30. The first kappa shape index (κ1) is 16.4. The van der Waals surface area contributed by atoms with E-state index in [0.717, 1.165) is 5.56 Å². The first-order valence-electron chi connectivity index (χ1n) is 7.87. The van der Waals surface area contributed by atoms with Crippen molar-refractivity contribution in [2.75, 3.05) is 5.73 Å². The normalized spacial score (nSPS) is 10.6. The summed E-state index contributed by atoms with van der Waals surface area (Å²) in [5, 5.41) is 9.25. The number of pyridine rings is 1. The Kier molecular flexibility index (Phi) is 4.31. The van der Waals surface area contributed by atoms with Crippen LogP contribution in [0.2, 0.25) is 0 Å². The summed E-state index contributed by atoms with van der Waals surface area (Å²) in [6.45, 7) is 3.86. The average Bonchev–Trinajstić information content (AvgIpc) is 2.62. The van der Waals surface area contributed by atoms with Gasteiger partial charge in [0.15, 0.2) is 11.5 Å². The van der Waals surface area contributed by atoms with Crippen molar-refractivity contribution in [2.45, 2.75) is 19.9 Å². The molecule has 0 aliphatic heterocycles. The second-order valence-electron chi connectivity index (χ2n) is 5.89. The minimum Gasteiger partial charge on any atom is -0.381 e. The molecule has 0 saturated heterocycles. The number of hydrogen-bond acceptors (Lipinski definition) is 5. The number of nitrogens with two attached hydrogens (primary N) is 1. The van der Waals surface area contributed by atoms with Crippen molar-refractivity contribution in [3.05, 3.63) is 64.7 Å². The molecule has 0 radical (unpaired) electrons. The lowest BCUT2D eigenvalue weighted by Crippen LogP contribution is -2.20. The van der Waals surface area contributed by atoms with E-state index in [1.807, 2.05) is 50.2 Å². The fourth-order valence-corrected chi connectivity index (χ4v) is 2.58. The molecule has 124 valence electrons. The van der Waals surface area contributed by atoms with Gasteiger partial charge in [0, 0.05) is 29.4 Å². The van der Waals surface area contributed by atoms with Crippen LogP contribution in [0, 0.1) is 11.3 Å². The Morgan fingerprint density at radius 3 is 2.36 bits per heavy atom. The molecule has 1 aromatic carbocycles. The predicted octanol–water partition coefficient (Wildman–Crippen LogP) is 3.01. The number of aromatic nitrogens is 3. The van der Waals surface area contributed by atoms with Gasteiger partial charge in [-0.25, -0.2) is 9.97 Å². The summed E-state index contributed by atoms with van der Waals surface area (Å²) in [7, 11) is 0. The highest BCUT2D eigenvalue weighted by Crippen LogP contribution is 2.30. The zero-order valence-electron chi connectivity index (χ0n) is 14.0. The predicted molar refractivity (Wildman–Crippen MR) is 96.7 cm³/mol. The molecule has 0 fully saturated rings. The lowest BCUT2D eigenvalue weighted by Gasteiger charge is -2.14. The van der Waals surface area contributed by atoms with Gasteiger partial charge in [-0.1, -0.05) is 30.3 Å². The molecular weight excluding hydrogens is 314 g/mol. The molecule has 2 aromatic heterocycles. The van der Waals surface area contributed by atoms with E-state index >= 15 is 0 Å². The Bertz CT molecular complexity index is 1020. The average molecular weight is 331 g/mol. The summed E-state index contributed by atoms with van der Waals surface area (Å²) >= 11 is 0. The molecule has 0 spiro atoms. The number of hydrogen-bond donors (Lipinski definition) is 1. The molecule has 6 nitrogen and oxygen atoms in total. The van der Waals surface area contributed by atoms with Gasteiger partial charge in [-0.05, 0) is 19.9 Å². The summed E-state index contributed by atoms with van der Waals surface area (Å²) < 4.78 is 1.62. The summed E-state index contributed by atoms with van der Waals surface area (Å²) in [4.78, 5) is 20.8. The van der Waals surface area contributed by atoms with Crippen molar-refractivity contribution >= 4 is 5.82 Å². The Morgan fingerprint density at radius 2 is 1.72 bits per heavy atom.